The summed E-state index contributed by atoms with van der Waals surface area (Å²) in [5.74, 6) is 1.18. The summed E-state index contributed by atoms with van der Waals surface area (Å²) in [4.78, 5) is 48.0. The molecule has 64 heavy (non-hydrogen) atoms. The van der Waals surface area contributed by atoms with E-state index >= 15 is 9.59 Å². The van der Waals surface area contributed by atoms with E-state index in [1.165, 1.54) is 0 Å². The van der Waals surface area contributed by atoms with Crippen LogP contribution >= 0.6 is 0 Å². The van der Waals surface area contributed by atoms with Crippen LogP contribution in [0.4, 0.5) is 17.2 Å². The summed E-state index contributed by atoms with van der Waals surface area (Å²) in [5.41, 5.74) is 9.92. The van der Waals surface area contributed by atoms with Crippen LogP contribution < -0.4 is 25.3 Å². The molecule has 12 nitrogen and oxygen atoms in total. The minimum Gasteiger partial charge on any atom is -0.348 e. The Bertz CT molecular complexity index is 3510. The lowest BCUT2D eigenvalue weighted by molar-refractivity contribution is -0.667. The van der Waals surface area contributed by atoms with Crippen molar-refractivity contribution in [2.45, 2.75) is 40.8 Å². The van der Waals surface area contributed by atoms with Gasteiger partial charge in [0, 0.05) is 49.2 Å². The van der Waals surface area contributed by atoms with Crippen molar-refractivity contribution in [3.63, 3.8) is 0 Å². The van der Waals surface area contributed by atoms with Crippen molar-refractivity contribution in [1.29, 1.82) is 0 Å². The van der Waals surface area contributed by atoms with E-state index in [9.17, 15) is 0 Å². The van der Waals surface area contributed by atoms with E-state index in [1.54, 1.807) is 0 Å². The molecule has 3 N–H and O–H groups in total. The predicted octanol–water partition coefficient (Wildman–Crippen LogP) is 9.61. The molecule has 0 atom stereocenters. The van der Waals surface area contributed by atoms with Crippen LogP contribution in [0.15, 0.2) is 143 Å². The molecule has 4 aliphatic rings. The number of anilines is 3. The third kappa shape index (κ3) is 5.89. The summed E-state index contributed by atoms with van der Waals surface area (Å²) in [6.07, 6.45) is 10.7. The summed E-state index contributed by atoms with van der Waals surface area (Å²) in [6, 6.07) is 39.0. The number of benzene rings is 5. The molecule has 316 valence electrons. The van der Waals surface area contributed by atoms with Crippen LogP contribution in [0.25, 0.3) is 73.6 Å². The summed E-state index contributed by atoms with van der Waals surface area (Å²) in [6.45, 7) is 11.3. The Hall–Kier alpha value is -8.12. The van der Waals surface area contributed by atoms with Crippen molar-refractivity contribution in [3.05, 3.63) is 177 Å². The maximum Gasteiger partial charge on any atom is 0.232 e. The molecule has 0 saturated carbocycles. The molecule has 11 rings (SSSR count). The number of aromatic amines is 3. The molecule has 0 fully saturated rings. The monoisotopic (exact) mass is 843 g/mol. The molecule has 0 aliphatic carbocycles. The standard InChI is InChI=1S/C52H46N10O2/c1-5-57-29-27-33(37-23-15-17-25-39(37)57)31-41-43-51(61(59(41)7-3)35-19-11-9-12-20-35)55-47-45(53-43)49(63)48-46(50(47)64)54-44-42(32-34-28-30-58(6-2)40-26-18-16-24-38(34)40)60(8-4)62(52(44)56-48)36-21-13-10-14-22-36/h9-32H,5-8H2,1-4H3,(H2,53,54,63,64)/p+1. The molecule has 6 heterocycles. The van der Waals surface area contributed by atoms with E-state index in [0.29, 0.717) is 36.1 Å². The van der Waals surface area contributed by atoms with Gasteiger partial charge in [-0.05, 0) is 93.5 Å². The third-order valence-corrected chi connectivity index (χ3v) is 12.6. The number of aryl methyl sites for hydroxylation is 1. The fourth-order valence-electron chi connectivity index (χ4n) is 9.55. The number of allylic oxidation sites excluding steroid dienone is 2. The van der Waals surface area contributed by atoms with E-state index in [-0.39, 0.29) is 32.9 Å². The molecule has 0 spiro atoms. The molecule has 0 bridgehead atoms. The lowest BCUT2D eigenvalue weighted by atomic mass is 9.98. The summed E-state index contributed by atoms with van der Waals surface area (Å²) >= 11 is 0. The largest absolute Gasteiger partial charge is 0.348 e. The van der Waals surface area contributed by atoms with Crippen LogP contribution in [0, 0.1) is 0 Å². The topological polar surface area (TPSA) is 118 Å². The van der Waals surface area contributed by atoms with E-state index in [1.807, 2.05) is 65.3 Å². The van der Waals surface area contributed by atoms with E-state index < -0.39 is 0 Å². The van der Waals surface area contributed by atoms with Crippen LogP contribution in [0.1, 0.15) is 50.2 Å². The smallest absolute Gasteiger partial charge is 0.232 e. The van der Waals surface area contributed by atoms with Crippen molar-refractivity contribution in [2.24, 2.45) is 0 Å². The first-order chi connectivity index (χ1) is 31.4. The number of H-pyrrole nitrogens is 3. The van der Waals surface area contributed by atoms with Gasteiger partial charge < -0.3 is 19.9 Å². The second-order valence-corrected chi connectivity index (χ2v) is 16.0. The Morgan fingerprint density at radius 2 is 1.38 bits per heavy atom. The fraction of sp³-hybridized carbons (Fsp3) is 0.154. The summed E-state index contributed by atoms with van der Waals surface area (Å²) in [7, 11) is 0. The van der Waals surface area contributed by atoms with Crippen molar-refractivity contribution in [1.82, 2.24) is 34.3 Å². The predicted molar refractivity (Wildman–Crippen MR) is 258 cm³/mol. The van der Waals surface area contributed by atoms with Crippen LogP contribution in [-0.2, 0) is 13.1 Å². The number of aromatic nitrogens is 7. The number of hydrazine groups is 1. The number of hydrogen-bond donors (Lipinski definition) is 3. The Kier molecular flexibility index (Phi) is 9.30. The molecular formula is C52H47N10O2+. The lowest BCUT2D eigenvalue weighted by Crippen LogP contribution is -2.33. The van der Waals surface area contributed by atoms with Gasteiger partial charge in [0.15, 0.2) is 17.8 Å². The van der Waals surface area contributed by atoms with Gasteiger partial charge in [0.2, 0.25) is 16.4 Å². The molecule has 12 heteroatoms. The van der Waals surface area contributed by atoms with Gasteiger partial charge in [0.1, 0.15) is 40.0 Å². The first kappa shape index (κ1) is 38.8. The third-order valence-electron chi connectivity index (χ3n) is 12.6. The molecule has 0 amide bonds. The molecule has 4 aliphatic heterocycles. The zero-order valence-electron chi connectivity index (χ0n) is 36.1. The van der Waals surface area contributed by atoms with Gasteiger partial charge in [-0.25, -0.2) is 14.7 Å². The first-order valence-corrected chi connectivity index (χ1v) is 22.0. The number of hydrogen-bond acceptors (Lipinski definition) is 6. The van der Waals surface area contributed by atoms with Crippen molar-refractivity contribution >= 4 is 73.6 Å². The van der Waals surface area contributed by atoms with Gasteiger partial charge in [0.05, 0.1) is 28.2 Å². The van der Waals surface area contributed by atoms with Gasteiger partial charge in [-0.1, -0.05) is 66.7 Å². The Balaban J connectivity index is 1.19. The molecule has 7 aromatic rings. The SMILES string of the molecule is CCN1C=CC(=Cc2c3[nH]c4c(=O)c5[nH]c6c([nH]c5c(=O)c4nc-3n(-c3ccccc3)n2CC)C(=Cc2cc[n+](CC)c3ccccc23)N(CC)N6c2ccccc2)c2ccccc21. The highest BCUT2D eigenvalue weighted by atomic mass is 16.1. The molecular weight excluding hydrogens is 797 g/mol. The molecule has 0 unspecified atom stereocenters. The van der Waals surface area contributed by atoms with Gasteiger partial charge >= 0.3 is 0 Å². The van der Waals surface area contributed by atoms with Gasteiger partial charge in [0.25, 0.3) is 0 Å². The second kappa shape index (κ2) is 15.3. The molecule has 0 radical (unpaired) electrons. The Morgan fingerprint density at radius 1 is 0.672 bits per heavy atom. The van der Waals surface area contributed by atoms with E-state index in [4.69, 9.17) is 4.98 Å². The maximum absolute atomic E-state index is 15.1. The quantitative estimate of drug-likeness (QED) is 0.104. The van der Waals surface area contributed by atoms with Crippen LogP contribution in [0.5, 0.6) is 0 Å². The van der Waals surface area contributed by atoms with E-state index in [0.717, 1.165) is 69.1 Å². The highest BCUT2D eigenvalue weighted by molar-refractivity contribution is 6.01. The minimum atomic E-state index is -0.385. The van der Waals surface area contributed by atoms with E-state index in [2.05, 4.69) is 152 Å². The number of nitrogens with one attached hydrogen (secondary N) is 3. The molecule has 2 aromatic heterocycles. The van der Waals surface area contributed by atoms with Crippen molar-refractivity contribution in [3.8, 4) is 17.2 Å². The number of pyridine rings is 1. The minimum absolute atomic E-state index is 0.0576. The average molecular weight is 844 g/mol. The number of nitrogens with zero attached hydrogens (tertiary/aromatic N) is 7. The fourth-order valence-corrected chi connectivity index (χ4v) is 9.55. The molecule has 0 saturated heterocycles. The van der Waals surface area contributed by atoms with Gasteiger partial charge in [-0.2, -0.15) is 4.57 Å². The first-order valence-electron chi connectivity index (χ1n) is 22.0. The maximum atomic E-state index is 15.1. The number of para-hydroxylation sites is 4. The lowest BCUT2D eigenvalue weighted by Gasteiger charge is -2.31. The highest BCUT2D eigenvalue weighted by Crippen LogP contribution is 2.44. The van der Waals surface area contributed by atoms with Gasteiger partial charge in [-0.15, -0.1) is 0 Å². The highest BCUT2D eigenvalue weighted by Gasteiger charge is 2.35. The number of fused-ring (bicyclic) bond motifs is 6. The summed E-state index contributed by atoms with van der Waals surface area (Å²) in [5, 5.41) is 5.35. The van der Waals surface area contributed by atoms with Crippen molar-refractivity contribution in [2.75, 3.05) is 23.0 Å². The average Bonchev–Trinajstić information content (AvgIpc) is 3.83. The second-order valence-electron chi connectivity index (χ2n) is 16.0. The van der Waals surface area contributed by atoms with Crippen LogP contribution in [0.2, 0.25) is 0 Å². The van der Waals surface area contributed by atoms with Gasteiger partial charge in [-0.3, -0.25) is 19.3 Å². The molecule has 5 aromatic carbocycles. The van der Waals surface area contributed by atoms with Crippen LogP contribution in [0.3, 0.4) is 0 Å². The van der Waals surface area contributed by atoms with Crippen molar-refractivity contribution < 1.29 is 4.57 Å². The zero-order valence-corrected chi connectivity index (χ0v) is 36.1. The Morgan fingerprint density at radius 3 is 2.12 bits per heavy atom. The van der Waals surface area contributed by atoms with Crippen LogP contribution in [-0.4, -0.2) is 47.4 Å². The zero-order chi connectivity index (χ0) is 43.6. The summed E-state index contributed by atoms with van der Waals surface area (Å²) < 4.78 is 6.41. The number of rotatable bonds is 8. The normalized spacial score (nSPS) is 14.8. The Labute approximate surface area is 368 Å².